The molecule has 2 rings (SSSR count). The summed E-state index contributed by atoms with van der Waals surface area (Å²) in [6.07, 6.45) is 8.22. The van der Waals surface area contributed by atoms with Crippen LogP contribution in [0.5, 0.6) is 0 Å². The lowest BCUT2D eigenvalue weighted by Gasteiger charge is -2.35. The van der Waals surface area contributed by atoms with E-state index in [0.717, 1.165) is 17.3 Å². The number of halogens is 1. The summed E-state index contributed by atoms with van der Waals surface area (Å²) in [5.74, 6) is 1.91. The Morgan fingerprint density at radius 3 is 2.63 bits per heavy atom. The third-order valence-electron chi connectivity index (χ3n) is 4.44. The zero-order chi connectivity index (χ0) is 13.8. The van der Waals surface area contributed by atoms with Gasteiger partial charge >= 0.3 is 0 Å². The van der Waals surface area contributed by atoms with Gasteiger partial charge in [0.2, 0.25) is 0 Å². The first-order chi connectivity index (χ1) is 9.15. The van der Waals surface area contributed by atoms with Crippen molar-refractivity contribution in [2.45, 2.75) is 51.6 Å². The second kappa shape index (κ2) is 6.58. The fraction of sp³-hybridized carbons (Fsp3) is 0.667. The average Bonchev–Trinajstić information content (AvgIpc) is 2.47. The van der Waals surface area contributed by atoms with Gasteiger partial charge in [0, 0.05) is 25.8 Å². The molecule has 0 saturated heterocycles. The summed E-state index contributed by atoms with van der Waals surface area (Å²) in [6, 6.07) is 2.62. The predicted molar refractivity (Wildman–Crippen MR) is 81.6 cm³/mol. The van der Waals surface area contributed by atoms with Crippen molar-refractivity contribution < 1.29 is 0 Å². The molecule has 0 unspecified atom stereocenters. The molecule has 0 aliphatic heterocycles. The Morgan fingerprint density at radius 2 is 2.05 bits per heavy atom. The van der Waals surface area contributed by atoms with Gasteiger partial charge in [-0.2, -0.15) is 0 Å². The van der Waals surface area contributed by atoms with E-state index in [1.165, 1.54) is 32.1 Å². The molecule has 1 aliphatic rings. The van der Waals surface area contributed by atoms with Crippen LogP contribution in [0, 0.1) is 5.92 Å². The molecule has 1 fully saturated rings. The van der Waals surface area contributed by atoms with Crippen LogP contribution in [-0.2, 0) is 6.54 Å². The number of nitrogens with zero attached hydrogens (tertiary/aromatic N) is 2. The van der Waals surface area contributed by atoms with E-state index in [1.807, 2.05) is 6.07 Å². The van der Waals surface area contributed by atoms with E-state index in [2.05, 4.69) is 23.9 Å². The normalized spacial score (nSPS) is 23.4. The number of hydrogen-bond donors (Lipinski definition) is 1. The molecule has 106 valence electrons. The molecule has 0 spiro atoms. The third-order valence-corrected chi connectivity index (χ3v) is 4.78. The zero-order valence-corrected chi connectivity index (χ0v) is 12.7. The lowest BCUT2D eigenvalue weighted by atomic mass is 9.84. The Morgan fingerprint density at radius 1 is 1.37 bits per heavy atom. The molecule has 19 heavy (non-hydrogen) atoms. The van der Waals surface area contributed by atoms with Gasteiger partial charge in [-0.1, -0.05) is 24.9 Å². The number of rotatable bonds is 4. The van der Waals surface area contributed by atoms with Gasteiger partial charge in [0.05, 0.1) is 5.02 Å². The minimum Gasteiger partial charge on any atom is -0.357 e. The SMILES string of the molecule is CCC1CCC(N(C)c2cc(CN)c(Cl)cn2)CC1. The van der Waals surface area contributed by atoms with E-state index in [9.17, 15) is 0 Å². The highest BCUT2D eigenvalue weighted by Crippen LogP contribution is 2.31. The van der Waals surface area contributed by atoms with Crippen LogP contribution in [0.3, 0.4) is 0 Å². The lowest BCUT2D eigenvalue weighted by Crippen LogP contribution is -2.35. The van der Waals surface area contributed by atoms with Crippen molar-refractivity contribution in [3.8, 4) is 0 Å². The van der Waals surface area contributed by atoms with Gasteiger partial charge in [-0.3, -0.25) is 0 Å². The Kier molecular flexibility index (Phi) is 5.06. The van der Waals surface area contributed by atoms with Gasteiger partial charge in [-0.05, 0) is 43.2 Å². The molecule has 0 aromatic carbocycles. The molecule has 4 heteroatoms. The molecule has 3 nitrogen and oxygen atoms in total. The van der Waals surface area contributed by atoms with E-state index in [1.54, 1.807) is 6.20 Å². The van der Waals surface area contributed by atoms with E-state index in [-0.39, 0.29) is 0 Å². The van der Waals surface area contributed by atoms with E-state index >= 15 is 0 Å². The average molecular weight is 282 g/mol. The Bertz CT molecular complexity index is 414. The highest BCUT2D eigenvalue weighted by atomic mass is 35.5. The number of aromatic nitrogens is 1. The second-order valence-corrected chi connectivity index (χ2v) is 5.94. The molecule has 1 aliphatic carbocycles. The highest BCUT2D eigenvalue weighted by Gasteiger charge is 2.24. The van der Waals surface area contributed by atoms with Gasteiger partial charge in [0.15, 0.2) is 0 Å². The minimum absolute atomic E-state index is 0.463. The van der Waals surface area contributed by atoms with Crippen LogP contribution in [0.4, 0.5) is 5.82 Å². The summed E-state index contributed by atoms with van der Waals surface area (Å²) in [5.41, 5.74) is 6.68. The van der Waals surface area contributed by atoms with Crippen LogP contribution in [0.2, 0.25) is 5.02 Å². The van der Waals surface area contributed by atoms with Crippen molar-refractivity contribution in [1.82, 2.24) is 4.98 Å². The lowest BCUT2D eigenvalue weighted by molar-refractivity contribution is 0.313. The fourth-order valence-corrected chi connectivity index (χ4v) is 3.13. The molecule has 1 aromatic rings. The summed E-state index contributed by atoms with van der Waals surface area (Å²) in [7, 11) is 2.13. The Hall–Kier alpha value is -0.800. The molecule has 0 atom stereocenters. The topological polar surface area (TPSA) is 42.1 Å². The fourth-order valence-electron chi connectivity index (χ4n) is 2.94. The zero-order valence-electron chi connectivity index (χ0n) is 11.9. The maximum atomic E-state index is 6.06. The van der Waals surface area contributed by atoms with Crippen molar-refractivity contribution in [2.75, 3.05) is 11.9 Å². The number of hydrogen-bond acceptors (Lipinski definition) is 3. The summed E-state index contributed by atoms with van der Waals surface area (Å²) in [4.78, 5) is 6.73. The molecular weight excluding hydrogens is 258 g/mol. The largest absolute Gasteiger partial charge is 0.357 e. The number of nitrogens with two attached hydrogens (primary N) is 1. The molecule has 0 amide bonds. The quantitative estimate of drug-likeness (QED) is 0.917. The Labute approximate surface area is 121 Å². The van der Waals surface area contributed by atoms with E-state index < -0.39 is 0 Å². The number of pyridine rings is 1. The predicted octanol–water partition coefficient (Wildman–Crippen LogP) is 3.60. The van der Waals surface area contributed by atoms with Gasteiger partial charge in [0.25, 0.3) is 0 Å². The van der Waals surface area contributed by atoms with Crippen LogP contribution in [0.25, 0.3) is 0 Å². The molecule has 1 saturated carbocycles. The first-order valence-electron chi connectivity index (χ1n) is 7.23. The molecule has 2 N–H and O–H groups in total. The molecule has 1 heterocycles. The maximum Gasteiger partial charge on any atom is 0.128 e. The number of anilines is 1. The second-order valence-electron chi connectivity index (χ2n) is 5.53. The highest BCUT2D eigenvalue weighted by molar-refractivity contribution is 6.31. The van der Waals surface area contributed by atoms with Crippen LogP contribution >= 0.6 is 11.6 Å². The van der Waals surface area contributed by atoms with Gasteiger partial charge in [0.1, 0.15) is 5.82 Å². The Balaban J connectivity index is 2.05. The van der Waals surface area contributed by atoms with Crippen molar-refractivity contribution >= 4 is 17.4 Å². The molecule has 1 aromatic heterocycles. The summed E-state index contributed by atoms with van der Waals surface area (Å²) < 4.78 is 0. The van der Waals surface area contributed by atoms with Gasteiger partial charge < -0.3 is 10.6 Å². The van der Waals surface area contributed by atoms with Crippen molar-refractivity contribution in [2.24, 2.45) is 11.7 Å². The van der Waals surface area contributed by atoms with Crippen molar-refractivity contribution in [3.05, 3.63) is 22.8 Å². The van der Waals surface area contributed by atoms with Crippen LogP contribution in [0.1, 0.15) is 44.6 Å². The van der Waals surface area contributed by atoms with Crippen LogP contribution < -0.4 is 10.6 Å². The summed E-state index contributed by atoms with van der Waals surface area (Å²) in [6.45, 7) is 2.76. The standard InChI is InChI=1S/C15H24ClN3/c1-3-11-4-6-13(7-5-11)19(2)15-8-12(9-17)14(16)10-18-15/h8,10-11,13H,3-7,9,17H2,1-2H3. The van der Waals surface area contributed by atoms with Crippen LogP contribution in [-0.4, -0.2) is 18.1 Å². The van der Waals surface area contributed by atoms with Gasteiger partial charge in [-0.25, -0.2) is 4.98 Å². The maximum absolute atomic E-state index is 6.06. The van der Waals surface area contributed by atoms with Gasteiger partial charge in [-0.15, -0.1) is 0 Å². The summed E-state index contributed by atoms with van der Waals surface area (Å²) in [5, 5.41) is 0.661. The van der Waals surface area contributed by atoms with Crippen LogP contribution in [0.15, 0.2) is 12.3 Å². The molecule has 0 radical (unpaired) electrons. The monoisotopic (exact) mass is 281 g/mol. The minimum atomic E-state index is 0.463. The molecular formula is C15H24ClN3. The van der Waals surface area contributed by atoms with E-state index in [0.29, 0.717) is 17.6 Å². The molecule has 0 bridgehead atoms. The van der Waals surface area contributed by atoms with Crippen molar-refractivity contribution in [3.63, 3.8) is 0 Å². The first kappa shape index (κ1) is 14.6. The van der Waals surface area contributed by atoms with Crippen molar-refractivity contribution in [1.29, 1.82) is 0 Å². The first-order valence-corrected chi connectivity index (χ1v) is 7.60. The third kappa shape index (κ3) is 3.40. The summed E-state index contributed by atoms with van der Waals surface area (Å²) >= 11 is 6.06. The smallest absolute Gasteiger partial charge is 0.128 e. The van der Waals surface area contributed by atoms with E-state index in [4.69, 9.17) is 17.3 Å².